The molecule has 1 rings (SSSR count). The van der Waals surface area contributed by atoms with E-state index in [1.54, 1.807) is 13.0 Å². The van der Waals surface area contributed by atoms with Gasteiger partial charge in [-0.3, -0.25) is 9.59 Å². The standard InChI is InChI=1S/C15H18FNO4/c1-9-3-4-10(2)11(7-9)13(18)5-6-14(19)17-12(8-16)15(20)21/h3-4,7,12H,5-6,8H2,1-2H3,(H,17,19)(H,20,21). The first-order valence-electron chi connectivity index (χ1n) is 6.53. The van der Waals surface area contributed by atoms with Crippen molar-refractivity contribution in [1.29, 1.82) is 0 Å². The Labute approximate surface area is 122 Å². The summed E-state index contributed by atoms with van der Waals surface area (Å²) < 4.78 is 12.4. The monoisotopic (exact) mass is 295 g/mol. The van der Waals surface area contributed by atoms with Crippen LogP contribution in [0.1, 0.15) is 34.3 Å². The molecule has 1 amide bonds. The van der Waals surface area contributed by atoms with Crippen LogP contribution in [0, 0.1) is 13.8 Å². The Bertz CT molecular complexity index is 557. The van der Waals surface area contributed by atoms with Crippen molar-refractivity contribution in [3.8, 4) is 0 Å². The van der Waals surface area contributed by atoms with Crippen LogP contribution in [0.4, 0.5) is 4.39 Å². The minimum atomic E-state index is -1.56. The van der Waals surface area contributed by atoms with Crippen LogP contribution < -0.4 is 5.32 Å². The zero-order valence-corrected chi connectivity index (χ0v) is 12.0. The first kappa shape index (κ1) is 16.8. The molecule has 1 unspecified atom stereocenters. The van der Waals surface area contributed by atoms with Gasteiger partial charge < -0.3 is 10.4 Å². The molecule has 1 aromatic carbocycles. The van der Waals surface area contributed by atoms with Crippen molar-refractivity contribution in [1.82, 2.24) is 5.32 Å². The van der Waals surface area contributed by atoms with Crippen molar-refractivity contribution in [2.24, 2.45) is 0 Å². The summed E-state index contributed by atoms with van der Waals surface area (Å²) in [6.07, 6.45) is -0.218. The Hall–Kier alpha value is -2.24. The van der Waals surface area contributed by atoms with E-state index in [4.69, 9.17) is 5.11 Å². The Balaban J connectivity index is 2.58. The maximum atomic E-state index is 12.4. The van der Waals surface area contributed by atoms with Gasteiger partial charge in [0.05, 0.1) is 0 Å². The maximum Gasteiger partial charge on any atom is 0.328 e. The molecule has 114 valence electrons. The molecule has 0 saturated heterocycles. The number of benzene rings is 1. The molecule has 0 aromatic heterocycles. The number of rotatable bonds is 7. The molecule has 0 spiro atoms. The smallest absolute Gasteiger partial charge is 0.328 e. The lowest BCUT2D eigenvalue weighted by molar-refractivity contribution is -0.142. The summed E-state index contributed by atoms with van der Waals surface area (Å²) in [7, 11) is 0. The molecule has 0 fully saturated rings. The van der Waals surface area contributed by atoms with Crippen molar-refractivity contribution < 1.29 is 23.9 Å². The number of ketones is 1. The fraction of sp³-hybridized carbons (Fsp3) is 0.400. The lowest BCUT2D eigenvalue weighted by atomic mass is 9.99. The second kappa shape index (κ2) is 7.52. The molecule has 0 radical (unpaired) electrons. The molecule has 0 saturated carbocycles. The third-order valence-corrected chi connectivity index (χ3v) is 3.06. The second-order valence-electron chi connectivity index (χ2n) is 4.85. The number of Topliss-reactive ketones (excluding diaryl/α,β-unsaturated/α-hetero) is 1. The Morgan fingerprint density at radius 1 is 1.24 bits per heavy atom. The Morgan fingerprint density at radius 3 is 2.48 bits per heavy atom. The van der Waals surface area contributed by atoms with Crippen molar-refractivity contribution in [2.75, 3.05) is 6.67 Å². The summed E-state index contributed by atoms with van der Waals surface area (Å²) in [5.41, 5.74) is 2.30. The second-order valence-corrected chi connectivity index (χ2v) is 4.85. The van der Waals surface area contributed by atoms with E-state index < -0.39 is 24.6 Å². The number of nitrogens with one attached hydrogen (secondary N) is 1. The summed E-state index contributed by atoms with van der Waals surface area (Å²) in [6.45, 7) is 2.48. The predicted molar refractivity (Wildman–Crippen MR) is 75.0 cm³/mol. The predicted octanol–water partition coefficient (Wildman–Crippen LogP) is 1.81. The lowest BCUT2D eigenvalue weighted by Crippen LogP contribution is -2.42. The third kappa shape index (κ3) is 4.98. The molecule has 0 bridgehead atoms. The number of carbonyl (C=O) groups excluding carboxylic acids is 2. The molecule has 6 heteroatoms. The summed E-state index contributed by atoms with van der Waals surface area (Å²) >= 11 is 0. The van der Waals surface area contributed by atoms with Crippen molar-refractivity contribution >= 4 is 17.7 Å². The number of carboxylic acids is 1. The van der Waals surface area contributed by atoms with Crippen LogP contribution in [-0.4, -0.2) is 35.5 Å². The highest BCUT2D eigenvalue weighted by atomic mass is 19.1. The summed E-state index contributed by atoms with van der Waals surface area (Å²) in [6, 6.07) is 3.90. The van der Waals surface area contributed by atoms with E-state index in [-0.39, 0.29) is 18.6 Å². The molecular formula is C15H18FNO4. The van der Waals surface area contributed by atoms with Gasteiger partial charge in [0.2, 0.25) is 5.91 Å². The van der Waals surface area contributed by atoms with Crippen molar-refractivity contribution in [3.63, 3.8) is 0 Å². The number of carbonyl (C=O) groups is 3. The molecule has 2 N–H and O–H groups in total. The summed E-state index contributed by atoms with van der Waals surface area (Å²) in [4.78, 5) is 34.1. The molecule has 21 heavy (non-hydrogen) atoms. The fourth-order valence-corrected chi connectivity index (χ4v) is 1.83. The van der Waals surface area contributed by atoms with Gasteiger partial charge in [0.15, 0.2) is 11.8 Å². The molecule has 5 nitrogen and oxygen atoms in total. The van der Waals surface area contributed by atoms with E-state index >= 15 is 0 Å². The quantitative estimate of drug-likeness (QED) is 0.751. The number of hydrogen-bond acceptors (Lipinski definition) is 3. The van der Waals surface area contributed by atoms with Gasteiger partial charge in [-0.25, -0.2) is 9.18 Å². The van der Waals surface area contributed by atoms with E-state index in [0.717, 1.165) is 11.1 Å². The summed E-state index contributed by atoms with van der Waals surface area (Å²) in [5.74, 6) is -2.29. The Morgan fingerprint density at radius 2 is 1.90 bits per heavy atom. The molecule has 1 atom stereocenters. The molecular weight excluding hydrogens is 277 g/mol. The number of aryl methyl sites for hydroxylation is 2. The van der Waals surface area contributed by atoms with Crippen LogP contribution in [0.25, 0.3) is 0 Å². The van der Waals surface area contributed by atoms with E-state index in [0.29, 0.717) is 5.56 Å². The van der Waals surface area contributed by atoms with E-state index in [1.807, 2.05) is 24.4 Å². The number of alkyl halides is 1. The Kier molecular flexibility index (Phi) is 6.02. The van der Waals surface area contributed by atoms with Gasteiger partial charge in [0.1, 0.15) is 6.67 Å². The largest absolute Gasteiger partial charge is 0.480 e. The molecule has 0 aliphatic rings. The van der Waals surface area contributed by atoms with Crippen LogP contribution in [0.5, 0.6) is 0 Å². The van der Waals surface area contributed by atoms with Gasteiger partial charge >= 0.3 is 5.97 Å². The highest BCUT2D eigenvalue weighted by Gasteiger charge is 2.20. The number of hydrogen-bond donors (Lipinski definition) is 2. The molecule has 1 aromatic rings. The third-order valence-electron chi connectivity index (χ3n) is 3.06. The number of amides is 1. The van der Waals surface area contributed by atoms with Crippen molar-refractivity contribution in [3.05, 3.63) is 34.9 Å². The highest BCUT2D eigenvalue weighted by molar-refractivity contribution is 5.99. The highest BCUT2D eigenvalue weighted by Crippen LogP contribution is 2.13. The number of carboxylic acid groups (broad SMARTS) is 1. The van der Waals surface area contributed by atoms with Gasteiger partial charge in [-0.2, -0.15) is 0 Å². The first-order chi connectivity index (χ1) is 9.85. The molecule has 0 aliphatic carbocycles. The average Bonchev–Trinajstić information content (AvgIpc) is 2.44. The topological polar surface area (TPSA) is 83.5 Å². The minimum Gasteiger partial charge on any atom is -0.480 e. The van der Waals surface area contributed by atoms with Crippen LogP contribution in [-0.2, 0) is 9.59 Å². The lowest BCUT2D eigenvalue weighted by Gasteiger charge is -2.11. The van der Waals surface area contributed by atoms with E-state index in [2.05, 4.69) is 0 Å². The maximum absolute atomic E-state index is 12.4. The van der Waals surface area contributed by atoms with Crippen LogP contribution in [0.15, 0.2) is 18.2 Å². The van der Waals surface area contributed by atoms with Gasteiger partial charge in [0, 0.05) is 18.4 Å². The first-order valence-corrected chi connectivity index (χ1v) is 6.53. The van der Waals surface area contributed by atoms with Crippen LogP contribution in [0.3, 0.4) is 0 Å². The zero-order valence-electron chi connectivity index (χ0n) is 12.0. The summed E-state index contributed by atoms with van der Waals surface area (Å²) in [5, 5.41) is 10.7. The normalized spacial score (nSPS) is 11.8. The fourth-order valence-electron chi connectivity index (χ4n) is 1.83. The SMILES string of the molecule is Cc1ccc(C)c(C(=O)CCC(=O)NC(CF)C(=O)O)c1. The van der Waals surface area contributed by atoms with Crippen LogP contribution >= 0.6 is 0 Å². The van der Waals surface area contributed by atoms with Crippen LogP contribution in [0.2, 0.25) is 0 Å². The zero-order chi connectivity index (χ0) is 16.0. The molecule has 0 heterocycles. The van der Waals surface area contributed by atoms with E-state index in [9.17, 15) is 18.8 Å². The van der Waals surface area contributed by atoms with Gasteiger partial charge in [-0.15, -0.1) is 0 Å². The molecule has 0 aliphatic heterocycles. The number of halogens is 1. The van der Waals surface area contributed by atoms with Gasteiger partial charge in [-0.1, -0.05) is 17.7 Å². The minimum absolute atomic E-state index is 0.0469. The average molecular weight is 295 g/mol. The van der Waals surface area contributed by atoms with E-state index in [1.165, 1.54) is 0 Å². The van der Waals surface area contributed by atoms with Crippen molar-refractivity contribution in [2.45, 2.75) is 32.7 Å². The van der Waals surface area contributed by atoms with Gasteiger partial charge in [-0.05, 0) is 25.5 Å². The number of aliphatic carboxylic acids is 1. The van der Waals surface area contributed by atoms with Gasteiger partial charge in [0.25, 0.3) is 0 Å².